The molecule has 0 aliphatic carbocycles. The third-order valence-corrected chi connectivity index (χ3v) is 4.74. The molecule has 2 heterocycles. The molecule has 1 unspecified atom stereocenters. The number of benzene rings is 1. The molecule has 1 saturated heterocycles. The first-order valence-corrected chi connectivity index (χ1v) is 9.35. The number of rotatable bonds is 7. The Kier molecular flexibility index (Phi) is 7.04. The van der Waals surface area contributed by atoms with Gasteiger partial charge in [0.1, 0.15) is 0 Å². The number of guanidine groups is 1. The Bertz CT molecular complexity index is 736. The molecular weight excluding hydrogens is 340 g/mol. The minimum Gasteiger partial charge on any atom is -0.481 e. The maximum Gasteiger partial charge on any atom is 0.218 e. The van der Waals surface area contributed by atoms with E-state index in [-0.39, 0.29) is 0 Å². The van der Waals surface area contributed by atoms with Crippen LogP contribution in [0.3, 0.4) is 0 Å². The van der Waals surface area contributed by atoms with Crippen LogP contribution in [0.5, 0.6) is 5.88 Å². The van der Waals surface area contributed by atoms with Crippen LogP contribution in [0.15, 0.2) is 53.7 Å². The first-order valence-electron chi connectivity index (χ1n) is 9.35. The molecule has 1 fully saturated rings. The summed E-state index contributed by atoms with van der Waals surface area (Å²) in [5.41, 5.74) is 2.23. The van der Waals surface area contributed by atoms with Gasteiger partial charge in [-0.15, -0.1) is 0 Å². The summed E-state index contributed by atoms with van der Waals surface area (Å²) in [5.74, 6) is 2.08. The smallest absolute Gasteiger partial charge is 0.218 e. The Morgan fingerprint density at radius 3 is 2.89 bits per heavy atom. The topological polar surface area (TPSA) is 59.0 Å². The van der Waals surface area contributed by atoms with Crippen LogP contribution in [0.1, 0.15) is 17.5 Å². The van der Waals surface area contributed by atoms with Crippen molar-refractivity contribution >= 4 is 5.96 Å². The molecule has 0 radical (unpaired) electrons. The van der Waals surface area contributed by atoms with Crippen LogP contribution in [-0.2, 0) is 17.9 Å². The van der Waals surface area contributed by atoms with E-state index in [9.17, 15) is 0 Å². The van der Waals surface area contributed by atoms with Crippen LogP contribution in [0.25, 0.3) is 0 Å². The Hall–Kier alpha value is -2.60. The third-order valence-electron chi connectivity index (χ3n) is 4.74. The minimum absolute atomic E-state index is 0.528. The van der Waals surface area contributed by atoms with Crippen LogP contribution in [0.2, 0.25) is 0 Å². The van der Waals surface area contributed by atoms with E-state index in [1.807, 2.05) is 37.4 Å². The second kappa shape index (κ2) is 9.92. The highest BCUT2D eigenvalue weighted by Crippen LogP contribution is 2.18. The monoisotopic (exact) mass is 368 g/mol. The van der Waals surface area contributed by atoms with E-state index in [1.54, 1.807) is 13.3 Å². The summed E-state index contributed by atoms with van der Waals surface area (Å²) in [6.07, 6.45) is 2.85. The highest BCUT2D eigenvalue weighted by atomic mass is 16.5. The first kappa shape index (κ1) is 19.2. The van der Waals surface area contributed by atoms with Gasteiger partial charge in [-0.3, -0.25) is 4.99 Å². The van der Waals surface area contributed by atoms with E-state index in [1.165, 1.54) is 5.56 Å². The lowest BCUT2D eigenvalue weighted by atomic mass is 10.1. The fourth-order valence-corrected chi connectivity index (χ4v) is 3.33. The molecule has 27 heavy (non-hydrogen) atoms. The van der Waals surface area contributed by atoms with Gasteiger partial charge in [0.2, 0.25) is 5.88 Å². The summed E-state index contributed by atoms with van der Waals surface area (Å²) >= 11 is 0. The van der Waals surface area contributed by atoms with Crippen molar-refractivity contribution in [3.05, 3.63) is 59.8 Å². The maximum atomic E-state index is 5.91. The van der Waals surface area contributed by atoms with Crippen molar-refractivity contribution in [3.8, 4) is 5.88 Å². The average molecular weight is 368 g/mol. The predicted molar refractivity (Wildman–Crippen MR) is 107 cm³/mol. The van der Waals surface area contributed by atoms with Crippen molar-refractivity contribution in [3.63, 3.8) is 0 Å². The molecule has 6 nitrogen and oxygen atoms in total. The van der Waals surface area contributed by atoms with Crippen LogP contribution >= 0.6 is 0 Å². The number of aliphatic imine (C=N–C) groups is 1. The Labute approximate surface area is 161 Å². The van der Waals surface area contributed by atoms with E-state index in [0.29, 0.717) is 24.9 Å². The molecule has 1 atom stereocenters. The number of hydrogen-bond acceptors (Lipinski definition) is 4. The zero-order valence-electron chi connectivity index (χ0n) is 16.1. The summed E-state index contributed by atoms with van der Waals surface area (Å²) in [6.45, 7) is 4.03. The molecule has 1 aliphatic rings. The number of nitrogens with zero attached hydrogens (tertiary/aromatic N) is 3. The second-order valence-electron chi connectivity index (χ2n) is 6.67. The molecule has 0 amide bonds. The summed E-state index contributed by atoms with van der Waals surface area (Å²) in [4.78, 5) is 11.0. The van der Waals surface area contributed by atoms with Gasteiger partial charge < -0.3 is 19.7 Å². The summed E-state index contributed by atoms with van der Waals surface area (Å²) in [5, 5.41) is 3.42. The number of methoxy groups -OCH3 is 1. The van der Waals surface area contributed by atoms with Crippen molar-refractivity contribution in [2.24, 2.45) is 10.9 Å². The number of pyridine rings is 1. The lowest BCUT2D eigenvalue weighted by Gasteiger charge is -2.22. The number of hydrogen-bond donors (Lipinski definition) is 1. The lowest BCUT2D eigenvalue weighted by Crippen LogP contribution is -2.40. The molecule has 6 heteroatoms. The van der Waals surface area contributed by atoms with Gasteiger partial charge in [0.05, 0.1) is 20.3 Å². The fraction of sp³-hybridized carbons (Fsp3) is 0.429. The van der Waals surface area contributed by atoms with Crippen molar-refractivity contribution in [2.45, 2.75) is 19.6 Å². The highest BCUT2D eigenvalue weighted by molar-refractivity contribution is 5.80. The quantitative estimate of drug-likeness (QED) is 0.601. The molecule has 0 spiro atoms. The molecule has 144 valence electrons. The molecule has 1 aliphatic heterocycles. The van der Waals surface area contributed by atoms with Gasteiger partial charge in [-0.1, -0.05) is 36.4 Å². The Morgan fingerprint density at radius 1 is 1.26 bits per heavy atom. The fourth-order valence-electron chi connectivity index (χ4n) is 3.33. The zero-order chi connectivity index (χ0) is 18.9. The molecule has 0 bridgehead atoms. The van der Waals surface area contributed by atoms with Crippen LogP contribution in [-0.4, -0.2) is 49.7 Å². The van der Waals surface area contributed by atoms with E-state index >= 15 is 0 Å². The van der Waals surface area contributed by atoms with Crippen molar-refractivity contribution in [1.29, 1.82) is 0 Å². The lowest BCUT2D eigenvalue weighted by molar-refractivity contribution is 0.0906. The van der Waals surface area contributed by atoms with Gasteiger partial charge >= 0.3 is 0 Å². The van der Waals surface area contributed by atoms with E-state index < -0.39 is 0 Å². The van der Waals surface area contributed by atoms with Crippen LogP contribution in [0.4, 0.5) is 0 Å². The number of likely N-dealkylation sites (tertiary alicyclic amines) is 1. The molecule has 1 N–H and O–H groups in total. The van der Waals surface area contributed by atoms with E-state index in [0.717, 1.165) is 37.6 Å². The summed E-state index contributed by atoms with van der Waals surface area (Å²) in [6, 6.07) is 14.2. The average Bonchev–Trinajstić information content (AvgIpc) is 3.18. The minimum atomic E-state index is 0.528. The summed E-state index contributed by atoms with van der Waals surface area (Å²) in [7, 11) is 3.46. The Balaban J connectivity index is 1.45. The second-order valence-corrected chi connectivity index (χ2v) is 6.67. The number of nitrogens with one attached hydrogen (secondary N) is 1. The SMILES string of the molecule is CN=C(NCc1cccnc1OC)N1CCC(COCc2ccccc2)C1. The van der Waals surface area contributed by atoms with Crippen molar-refractivity contribution in [2.75, 3.05) is 33.9 Å². The predicted octanol–water partition coefficient (Wildman–Crippen LogP) is 2.70. The van der Waals surface area contributed by atoms with Crippen LogP contribution < -0.4 is 10.1 Å². The van der Waals surface area contributed by atoms with Gasteiger partial charge in [-0.25, -0.2) is 4.98 Å². The van der Waals surface area contributed by atoms with Gasteiger partial charge in [-0.05, 0) is 18.1 Å². The number of ether oxygens (including phenoxy) is 2. The molecule has 2 aromatic rings. The maximum absolute atomic E-state index is 5.91. The number of aromatic nitrogens is 1. The molecule has 1 aromatic carbocycles. The van der Waals surface area contributed by atoms with Gasteiger partial charge in [0, 0.05) is 44.4 Å². The Morgan fingerprint density at radius 2 is 2.11 bits per heavy atom. The highest BCUT2D eigenvalue weighted by Gasteiger charge is 2.25. The molecular formula is C21H28N4O2. The van der Waals surface area contributed by atoms with Crippen molar-refractivity contribution in [1.82, 2.24) is 15.2 Å². The molecule has 0 saturated carbocycles. The molecule has 3 rings (SSSR count). The largest absolute Gasteiger partial charge is 0.481 e. The van der Waals surface area contributed by atoms with E-state index in [4.69, 9.17) is 9.47 Å². The standard InChI is InChI=1S/C21H28N4O2/c1-22-21(24-13-19-9-6-11-23-20(19)26-2)25-12-10-18(14-25)16-27-15-17-7-4-3-5-8-17/h3-9,11,18H,10,12-16H2,1-2H3,(H,22,24). The van der Waals surface area contributed by atoms with Crippen molar-refractivity contribution < 1.29 is 9.47 Å². The van der Waals surface area contributed by atoms with Gasteiger partial charge in [-0.2, -0.15) is 0 Å². The van der Waals surface area contributed by atoms with Gasteiger partial charge in [0.15, 0.2) is 5.96 Å². The molecule has 1 aromatic heterocycles. The van der Waals surface area contributed by atoms with E-state index in [2.05, 4.69) is 32.3 Å². The normalized spacial score (nSPS) is 17.2. The zero-order valence-corrected chi connectivity index (χ0v) is 16.1. The third kappa shape index (κ3) is 5.44. The first-order chi connectivity index (χ1) is 13.3. The van der Waals surface area contributed by atoms with Gasteiger partial charge in [0.25, 0.3) is 0 Å². The van der Waals surface area contributed by atoms with Crippen LogP contribution in [0, 0.1) is 5.92 Å². The summed E-state index contributed by atoms with van der Waals surface area (Å²) < 4.78 is 11.2.